The highest BCUT2D eigenvalue weighted by Crippen LogP contribution is 2.36. The van der Waals surface area contributed by atoms with E-state index in [1.807, 2.05) is 4.90 Å². The maximum atomic E-state index is 13.0. The van der Waals surface area contributed by atoms with Crippen LogP contribution in [0.15, 0.2) is 36.8 Å². The Balaban J connectivity index is 1.72. The van der Waals surface area contributed by atoms with E-state index >= 15 is 0 Å². The highest BCUT2D eigenvalue weighted by molar-refractivity contribution is 5.97. The van der Waals surface area contributed by atoms with Crippen molar-refractivity contribution >= 4 is 23.3 Å². The lowest BCUT2D eigenvalue weighted by Crippen LogP contribution is -2.25. The lowest BCUT2D eigenvalue weighted by molar-refractivity contribution is -0.137. The molecule has 1 aliphatic rings. The van der Waals surface area contributed by atoms with Crippen LogP contribution in [0.4, 0.5) is 24.5 Å². The monoisotopic (exact) mass is 394 g/mol. The van der Waals surface area contributed by atoms with Crippen LogP contribution in [0, 0.1) is 0 Å². The molecule has 0 aliphatic carbocycles. The van der Waals surface area contributed by atoms with Gasteiger partial charge in [-0.15, -0.1) is 0 Å². The van der Waals surface area contributed by atoms with Gasteiger partial charge in [-0.05, 0) is 31.0 Å². The molecule has 0 radical (unpaired) electrons. The number of carbonyl (C=O) groups excluding carboxylic acids is 2. The van der Waals surface area contributed by atoms with Crippen molar-refractivity contribution in [3.63, 3.8) is 0 Å². The molecule has 1 aliphatic heterocycles. The standard InChI is InChI=1S/C18H17F3N4O3/c19-18(20,21)12-3-4-15(25-7-1-2-8-25)13(9-12)24-16(26)11-28-17(27)14-10-22-5-6-23-14/h3-6,9-10H,1-2,7-8,11H2,(H,24,26). The van der Waals surface area contributed by atoms with Crippen molar-refractivity contribution in [3.8, 4) is 0 Å². The third kappa shape index (κ3) is 4.76. The molecule has 10 heteroatoms. The first-order chi connectivity index (χ1) is 13.3. The summed E-state index contributed by atoms with van der Waals surface area (Å²) in [5.74, 6) is -1.61. The molecule has 7 nitrogen and oxygen atoms in total. The van der Waals surface area contributed by atoms with E-state index in [1.54, 1.807) is 0 Å². The van der Waals surface area contributed by atoms with Crippen molar-refractivity contribution in [2.75, 3.05) is 29.9 Å². The molecule has 0 saturated carbocycles. The summed E-state index contributed by atoms with van der Waals surface area (Å²) in [4.78, 5) is 33.3. The Labute approximate surface area is 158 Å². The zero-order chi connectivity index (χ0) is 20.1. The summed E-state index contributed by atoms with van der Waals surface area (Å²) in [5, 5.41) is 2.41. The van der Waals surface area contributed by atoms with Gasteiger partial charge in [0, 0.05) is 25.5 Å². The average Bonchev–Trinajstić information content (AvgIpc) is 3.20. The number of nitrogens with one attached hydrogen (secondary N) is 1. The smallest absolute Gasteiger partial charge is 0.416 e. The summed E-state index contributed by atoms with van der Waals surface area (Å²) in [7, 11) is 0. The Morgan fingerprint density at radius 3 is 2.57 bits per heavy atom. The number of carbonyl (C=O) groups is 2. The Kier molecular flexibility index (Phi) is 5.76. The molecule has 28 heavy (non-hydrogen) atoms. The minimum Gasteiger partial charge on any atom is -0.451 e. The van der Waals surface area contributed by atoms with Gasteiger partial charge in [0.15, 0.2) is 12.3 Å². The minimum atomic E-state index is -4.54. The summed E-state index contributed by atoms with van der Waals surface area (Å²) >= 11 is 0. The molecule has 0 unspecified atom stereocenters. The number of benzene rings is 1. The van der Waals surface area contributed by atoms with Gasteiger partial charge < -0.3 is 15.0 Å². The number of esters is 1. The van der Waals surface area contributed by atoms with E-state index in [9.17, 15) is 22.8 Å². The molecule has 2 heterocycles. The second-order valence-electron chi connectivity index (χ2n) is 6.14. The van der Waals surface area contributed by atoms with Crippen molar-refractivity contribution in [1.82, 2.24) is 9.97 Å². The number of ether oxygens (including phenoxy) is 1. The fourth-order valence-corrected chi connectivity index (χ4v) is 2.84. The largest absolute Gasteiger partial charge is 0.451 e. The molecule has 148 valence electrons. The van der Waals surface area contributed by atoms with Crippen LogP contribution >= 0.6 is 0 Å². The Morgan fingerprint density at radius 1 is 1.18 bits per heavy atom. The van der Waals surface area contributed by atoms with E-state index in [-0.39, 0.29) is 11.4 Å². The quantitative estimate of drug-likeness (QED) is 0.785. The molecule has 1 saturated heterocycles. The van der Waals surface area contributed by atoms with E-state index in [4.69, 9.17) is 4.74 Å². The first-order valence-corrected chi connectivity index (χ1v) is 8.54. The fraction of sp³-hybridized carbons (Fsp3) is 0.333. The molecule has 1 aromatic carbocycles. The predicted molar refractivity (Wildman–Crippen MR) is 93.8 cm³/mol. The summed E-state index contributed by atoms with van der Waals surface area (Å²) in [6.45, 7) is 0.719. The van der Waals surface area contributed by atoms with Crippen LogP contribution in [-0.4, -0.2) is 41.5 Å². The SMILES string of the molecule is O=C(COC(=O)c1cnccn1)Nc1cc(C(F)(F)F)ccc1N1CCCC1. The van der Waals surface area contributed by atoms with E-state index in [0.717, 1.165) is 25.0 Å². The number of anilines is 2. The summed E-state index contributed by atoms with van der Waals surface area (Å²) in [6, 6.07) is 3.21. The summed E-state index contributed by atoms with van der Waals surface area (Å²) < 4.78 is 44.0. The van der Waals surface area contributed by atoms with Crippen LogP contribution in [0.5, 0.6) is 0 Å². The maximum Gasteiger partial charge on any atom is 0.416 e. The summed E-state index contributed by atoms with van der Waals surface area (Å²) in [6.07, 6.45) is 1.15. The number of alkyl halides is 3. The number of rotatable bonds is 5. The maximum absolute atomic E-state index is 13.0. The Bertz CT molecular complexity index is 853. The van der Waals surface area contributed by atoms with Crippen LogP contribution < -0.4 is 10.2 Å². The van der Waals surface area contributed by atoms with Crippen LogP contribution in [0.3, 0.4) is 0 Å². The molecule has 0 bridgehead atoms. The van der Waals surface area contributed by atoms with E-state index < -0.39 is 30.2 Å². The van der Waals surface area contributed by atoms with Crippen molar-refractivity contribution in [3.05, 3.63) is 48.0 Å². The average molecular weight is 394 g/mol. The number of amides is 1. The van der Waals surface area contributed by atoms with Gasteiger partial charge in [0.25, 0.3) is 5.91 Å². The second kappa shape index (κ2) is 8.24. The first kappa shape index (κ1) is 19.6. The normalized spacial score (nSPS) is 14.0. The van der Waals surface area contributed by atoms with Gasteiger partial charge in [-0.3, -0.25) is 9.78 Å². The highest BCUT2D eigenvalue weighted by atomic mass is 19.4. The molecule has 1 aromatic heterocycles. The number of hydrogen-bond acceptors (Lipinski definition) is 6. The van der Waals surface area contributed by atoms with Gasteiger partial charge in [-0.2, -0.15) is 13.2 Å². The van der Waals surface area contributed by atoms with Gasteiger partial charge in [0.2, 0.25) is 0 Å². The second-order valence-corrected chi connectivity index (χ2v) is 6.14. The lowest BCUT2D eigenvalue weighted by Gasteiger charge is -2.23. The number of hydrogen-bond donors (Lipinski definition) is 1. The molecule has 1 fully saturated rings. The number of halogens is 3. The van der Waals surface area contributed by atoms with Crippen molar-refractivity contribution in [2.24, 2.45) is 0 Å². The van der Waals surface area contributed by atoms with Crippen molar-refractivity contribution < 1.29 is 27.5 Å². The molecule has 1 amide bonds. The van der Waals surface area contributed by atoms with Gasteiger partial charge in [0.05, 0.1) is 23.1 Å². The molecule has 0 atom stereocenters. The molecule has 1 N–H and O–H groups in total. The third-order valence-corrected chi connectivity index (χ3v) is 4.15. The molecule has 3 rings (SSSR count). The predicted octanol–water partition coefficient (Wildman–Crippen LogP) is 2.89. The number of aromatic nitrogens is 2. The minimum absolute atomic E-state index is 0.0253. The van der Waals surface area contributed by atoms with Crippen LogP contribution in [0.1, 0.15) is 28.9 Å². The zero-order valence-corrected chi connectivity index (χ0v) is 14.7. The number of nitrogens with zero attached hydrogens (tertiary/aromatic N) is 3. The van der Waals surface area contributed by atoms with E-state index in [0.29, 0.717) is 18.8 Å². The lowest BCUT2D eigenvalue weighted by atomic mass is 10.1. The fourth-order valence-electron chi connectivity index (χ4n) is 2.84. The van der Waals surface area contributed by atoms with Crippen molar-refractivity contribution in [2.45, 2.75) is 19.0 Å². The van der Waals surface area contributed by atoms with Crippen molar-refractivity contribution in [1.29, 1.82) is 0 Å². The van der Waals surface area contributed by atoms with Gasteiger partial charge in [-0.25, -0.2) is 9.78 Å². The Hall–Kier alpha value is -3.17. The van der Waals surface area contributed by atoms with Crippen LogP contribution in [0.2, 0.25) is 0 Å². The van der Waals surface area contributed by atoms with Gasteiger partial charge in [-0.1, -0.05) is 0 Å². The summed E-state index contributed by atoms with van der Waals surface area (Å²) in [5.41, 5.74) is -0.425. The molecular weight excluding hydrogens is 377 g/mol. The third-order valence-electron chi connectivity index (χ3n) is 4.15. The topological polar surface area (TPSA) is 84.4 Å². The van der Waals surface area contributed by atoms with E-state index in [1.165, 1.54) is 24.7 Å². The van der Waals surface area contributed by atoms with Gasteiger partial charge in [0.1, 0.15) is 0 Å². The van der Waals surface area contributed by atoms with Crippen LogP contribution in [-0.2, 0) is 15.7 Å². The first-order valence-electron chi connectivity index (χ1n) is 8.54. The van der Waals surface area contributed by atoms with E-state index in [2.05, 4.69) is 15.3 Å². The molecular formula is C18H17F3N4O3. The van der Waals surface area contributed by atoms with Gasteiger partial charge >= 0.3 is 12.1 Å². The molecule has 2 aromatic rings. The van der Waals surface area contributed by atoms with Crippen LogP contribution in [0.25, 0.3) is 0 Å². The zero-order valence-electron chi connectivity index (χ0n) is 14.7. The molecule has 0 spiro atoms. The Morgan fingerprint density at radius 2 is 1.93 bits per heavy atom. The highest BCUT2D eigenvalue weighted by Gasteiger charge is 2.32.